The number of hydrogen-bond donors (Lipinski definition) is 1. The van der Waals surface area contributed by atoms with E-state index < -0.39 is 0 Å². The first-order chi connectivity index (χ1) is 11.1. The zero-order chi connectivity index (χ0) is 16.0. The molecule has 2 fully saturated rings. The molecule has 124 valence electrons. The Morgan fingerprint density at radius 3 is 2.91 bits per heavy atom. The minimum Gasteiger partial charge on any atom is -0.334 e. The molecule has 2 amide bonds. The first-order valence-corrected chi connectivity index (χ1v) is 9.40. The van der Waals surface area contributed by atoms with Crippen molar-refractivity contribution < 1.29 is 9.59 Å². The molecule has 1 N–H and O–H groups in total. The summed E-state index contributed by atoms with van der Waals surface area (Å²) >= 11 is 1.75. The largest absolute Gasteiger partial charge is 0.334 e. The van der Waals surface area contributed by atoms with Crippen LogP contribution in [0, 0.1) is 11.8 Å². The van der Waals surface area contributed by atoms with Gasteiger partial charge in [-0.2, -0.15) is 0 Å². The lowest BCUT2D eigenvalue weighted by Gasteiger charge is -2.34. The van der Waals surface area contributed by atoms with Gasteiger partial charge in [0.1, 0.15) is 0 Å². The predicted octanol–water partition coefficient (Wildman–Crippen LogP) is 1.26. The van der Waals surface area contributed by atoms with Crippen LogP contribution < -0.4 is 5.32 Å². The molecule has 0 spiro atoms. The van der Waals surface area contributed by atoms with Crippen LogP contribution in [0.15, 0.2) is 11.4 Å². The first-order valence-electron chi connectivity index (χ1n) is 8.52. The number of nitrogens with zero attached hydrogens (tertiary/aromatic N) is 2. The highest BCUT2D eigenvalue weighted by atomic mass is 32.1. The fraction of sp³-hybridized carbons (Fsp3) is 0.647. The van der Waals surface area contributed by atoms with Gasteiger partial charge >= 0.3 is 11.8 Å². The van der Waals surface area contributed by atoms with E-state index in [0.717, 1.165) is 39.0 Å². The molecule has 4 heterocycles. The maximum Gasteiger partial charge on any atom is 0.312 e. The lowest BCUT2D eigenvalue weighted by atomic mass is 9.90. The normalized spacial score (nSPS) is 30.0. The average Bonchev–Trinajstić information content (AvgIpc) is 3.20. The second kappa shape index (κ2) is 5.91. The number of fused-ring (bicyclic) bond motifs is 2. The molecule has 4 rings (SSSR count). The summed E-state index contributed by atoms with van der Waals surface area (Å²) in [5.74, 6) is 0.462. The van der Waals surface area contributed by atoms with E-state index in [1.165, 1.54) is 10.4 Å². The SMILES string of the molecule is CC1c2ccsc2CCN1C(=O)C(=O)N1C[C@H]2CNCC[C@H]2C1. The number of thiophene rings is 1. The van der Waals surface area contributed by atoms with Crippen molar-refractivity contribution in [2.24, 2.45) is 11.8 Å². The van der Waals surface area contributed by atoms with Gasteiger partial charge in [0.15, 0.2) is 0 Å². The van der Waals surface area contributed by atoms with Crippen molar-refractivity contribution in [3.05, 3.63) is 21.9 Å². The Hall–Kier alpha value is -1.40. The molecule has 1 unspecified atom stereocenters. The van der Waals surface area contributed by atoms with E-state index in [9.17, 15) is 9.59 Å². The van der Waals surface area contributed by atoms with Crippen molar-refractivity contribution in [3.63, 3.8) is 0 Å². The maximum absolute atomic E-state index is 12.8. The number of piperidine rings is 1. The zero-order valence-electron chi connectivity index (χ0n) is 13.5. The van der Waals surface area contributed by atoms with Gasteiger partial charge in [0.25, 0.3) is 0 Å². The van der Waals surface area contributed by atoms with Crippen LogP contribution in [0.3, 0.4) is 0 Å². The lowest BCUT2D eigenvalue weighted by molar-refractivity contribution is -0.152. The quantitative estimate of drug-likeness (QED) is 0.727. The van der Waals surface area contributed by atoms with E-state index in [1.807, 2.05) is 6.92 Å². The van der Waals surface area contributed by atoms with Crippen molar-refractivity contribution in [3.8, 4) is 0 Å². The maximum atomic E-state index is 12.8. The topological polar surface area (TPSA) is 52.7 Å². The molecule has 2 saturated heterocycles. The highest BCUT2D eigenvalue weighted by Gasteiger charge is 2.40. The van der Waals surface area contributed by atoms with E-state index in [0.29, 0.717) is 18.4 Å². The smallest absolute Gasteiger partial charge is 0.312 e. The number of carbonyl (C=O) groups excluding carboxylic acids is 2. The van der Waals surface area contributed by atoms with Crippen molar-refractivity contribution in [2.45, 2.75) is 25.8 Å². The number of amides is 2. The molecule has 5 nitrogen and oxygen atoms in total. The van der Waals surface area contributed by atoms with Gasteiger partial charge in [-0.15, -0.1) is 11.3 Å². The minimum absolute atomic E-state index is 0.00740. The monoisotopic (exact) mass is 333 g/mol. The van der Waals surface area contributed by atoms with Gasteiger partial charge in [-0.1, -0.05) is 0 Å². The van der Waals surface area contributed by atoms with Crippen LogP contribution in [-0.2, 0) is 16.0 Å². The van der Waals surface area contributed by atoms with Gasteiger partial charge in [0, 0.05) is 24.5 Å². The molecule has 1 aromatic heterocycles. The van der Waals surface area contributed by atoms with Crippen LogP contribution in [0.2, 0.25) is 0 Å². The second-order valence-corrected chi connectivity index (χ2v) is 7.95. The van der Waals surface area contributed by atoms with Gasteiger partial charge in [0.2, 0.25) is 0 Å². The number of likely N-dealkylation sites (tertiary alicyclic amines) is 1. The van der Waals surface area contributed by atoms with Crippen molar-refractivity contribution in [1.82, 2.24) is 15.1 Å². The van der Waals surface area contributed by atoms with Gasteiger partial charge in [0.05, 0.1) is 6.04 Å². The Morgan fingerprint density at radius 2 is 2.09 bits per heavy atom. The molecule has 0 bridgehead atoms. The van der Waals surface area contributed by atoms with Crippen LogP contribution in [0.4, 0.5) is 0 Å². The Morgan fingerprint density at radius 1 is 1.26 bits per heavy atom. The molecule has 23 heavy (non-hydrogen) atoms. The Kier molecular flexibility index (Phi) is 3.89. The Labute approximate surface area is 140 Å². The molecule has 0 aliphatic carbocycles. The third-order valence-corrected chi connectivity index (χ3v) is 6.68. The number of hydrogen-bond acceptors (Lipinski definition) is 4. The summed E-state index contributed by atoms with van der Waals surface area (Å²) in [5.41, 5.74) is 1.21. The van der Waals surface area contributed by atoms with Gasteiger partial charge in [-0.3, -0.25) is 9.59 Å². The van der Waals surface area contributed by atoms with E-state index >= 15 is 0 Å². The van der Waals surface area contributed by atoms with Crippen molar-refractivity contribution >= 4 is 23.2 Å². The van der Waals surface area contributed by atoms with Gasteiger partial charge in [-0.05, 0) is 61.7 Å². The molecule has 0 saturated carbocycles. The van der Waals surface area contributed by atoms with Crippen molar-refractivity contribution in [1.29, 1.82) is 0 Å². The zero-order valence-corrected chi connectivity index (χ0v) is 14.3. The van der Waals surface area contributed by atoms with Crippen LogP contribution in [0.1, 0.15) is 29.8 Å². The number of rotatable bonds is 0. The minimum atomic E-state index is -0.319. The Bertz CT molecular complexity index is 615. The summed E-state index contributed by atoms with van der Waals surface area (Å²) in [6.45, 7) is 6.17. The molecular formula is C17H23N3O2S. The molecule has 3 aliphatic heterocycles. The number of nitrogens with one attached hydrogen (secondary N) is 1. The van der Waals surface area contributed by atoms with E-state index in [4.69, 9.17) is 0 Å². The van der Waals surface area contributed by atoms with Crippen LogP contribution in [0.25, 0.3) is 0 Å². The molecule has 6 heteroatoms. The summed E-state index contributed by atoms with van der Waals surface area (Å²) < 4.78 is 0. The predicted molar refractivity (Wildman–Crippen MR) is 89.2 cm³/mol. The van der Waals surface area contributed by atoms with Crippen LogP contribution in [0.5, 0.6) is 0 Å². The summed E-state index contributed by atoms with van der Waals surface area (Å²) in [5, 5.41) is 5.47. The molecule has 3 aliphatic rings. The first kappa shape index (κ1) is 15.1. The second-order valence-electron chi connectivity index (χ2n) is 6.95. The van der Waals surface area contributed by atoms with Gasteiger partial charge in [-0.25, -0.2) is 0 Å². The lowest BCUT2D eigenvalue weighted by Crippen LogP contribution is -2.47. The summed E-state index contributed by atoms with van der Waals surface area (Å²) in [6, 6.07) is 2.10. The van der Waals surface area contributed by atoms with Gasteiger partial charge < -0.3 is 15.1 Å². The van der Waals surface area contributed by atoms with Crippen LogP contribution in [-0.4, -0.2) is 54.3 Å². The molecule has 0 radical (unpaired) electrons. The fourth-order valence-corrected chi connectivity index (χ4v) is 5.25. The third-order valence-electron chi connectivity index (χ3n) is 5.68. The van der Waals surface area contributed by atoms with E-state index in [2.05, 4.69) is 16.8 Å². The highest BCUT2D eigenvalue weighted by Crippen LogP contribution is 2.34. The average molecular weight is 333 g/mol. The van der Waals surface area contributed by atoms with E-state index in [-0.39, 0.29) is 17.9 Å². The van der Waals surface area contributed by atoms with E-state index in [1.54, 1.807) is 21.1 Å². The van der Waals surface area contributed by atoms with Crippen LogP contribution >= 0.6 is 11.3 Å². The highest BCUT2D eigenvalue weighted by molar-refractivity contribution is 7.10. The summed E-state index contributed by atoms with van der Waals surface area (Å²) in [6.07, 6.45) is 1.98. The summed E-state index contributed by atoms with van der Waals surface area (Å²) in [4.78, 5) is 30.4. The Balaban J connectivity index is 1.46. The molecule has 3 atom stereocenters. The summed E-state index contributed by atoms with van der Waals surface area (Å²) in [7, 11) is 0. The molecule has 1 aromatic rings. The number of carbonyl (C=O) groups is 2. The molecular weight excluding hydrogens is 310 g/mol. The standard InChI is InChI=1S/C17H23N3O2S/c1-11-14-4-7-23-15(14)3-6-20(11)17(22)16(21)19-9-12-2-5-18-8-13(12)10-19/h4,7,11-13,18H,2-3,5-6,8-10H2,1H3/t11?,12-,13+/m0/s1. The third kappa shape index (κ3) is 2.58. The van der Waals surface area contributed by atoms with Crippen molar-refractivity contribution in [2.75, 3.05) is 32.7 Å². The molecule has 0 aromatic carbocycles. The fourth-order valence-electron chi connectivity index (χ4n) is 4.28.